The lowest BCUT2D eigenvalue weighted by Crippen LogP contribution is -2.23. The number of carbonyl (C=O) groups excluding carboxylic acids is 1. The molecular weight excluding hydrogens is 550 g/mol. The number of fused-ring (bicyclic) bond motifs is 2. The zero-order valence-electron chi connectivity index (χ0n) is 22.7. The van der Waals surface area contributed by atoms with Crippen molar-refractivity contribution in [2.24, 2.45) is 0 Å². The number of benzene rings is 3. The Hall–Kier alpha value is -5.20. The van der Waals surface area contributed by atoms with E-state index in [4.69, 9.17) is 16.3 Å². The number of methoxy groups -OCH3 is 1. The van der Waals surface area contributed by atoms with Gasteiger partial charge in [-0.15, -0.1) is 0 Å². The van der Waals surface area contributed by atoms with Crippen molar-refractivity contribution >= 4 is 39.4 Å². The van der Waals surface area contributed by atoms with Crippen LogP contribution in [0.1, 0.15) is 38.5 Å². The van der Waals surface area contributed by atoms with Crippen molar-refractivity contribution in [3.63, 3.8) is 0 Å². The average Bonchev–Trinajstić information content (AvgIpc) is 3.62. The van der Waals surface area contributed by atoms with E-state index in [-0.39, 0.29) is 5.91 Å². The molecule has 1 atom stereocenters. The van der Waals surface area contributed by atoms with Crippen molar-refractivity contribution in [2.75, 3.05) is 7.11 Å². The summed E-state index contributed by atoms with van der Waals surface area (Å²) in [5.41, 5.74) is 6.71. The van der Waals surface area contributed by atoms with Crippen LogP contribution < -0.4 is 10.1 Å². The van der Waals surface area contributed by atoms with Crippen LogP contribution in [0.2, 0.25) is 5.02 Å². The molecule has 0 saturated heterocycles. The largest absolute Gasteiger partial charge is 0.481 e. The lowest BCUT2D eigenvalue weighted by molar-refractivity contribution is 0.0951. The molecule has 9 nitrogen and oxygen atoms in total. The summed E-state index contributed by atoms with van der Waals surface area (Å²) >= 11 is 6.36. The summed E-state index contributed by atoms with van der Waals surface area (Å²) in [6, 6.07) is 24.9. The Morgan fingerprint density at radius 2 is 1.93 bits per heavy atom. The number of H-pyrrole nitrogens is 1. The minimum atomic E-state index is -0.454. The van der Waals surface area contributed by atoms with Gasteiger partial charge in [0.2, 0.25) is 5.88 Å². The number of nitrogens with one attached hydrogen (secondary N) is 2. The van der Waals surface area contributed by atoms with Gasteiger partial charge in [-0.3, -0.25) is 4.79 Å². The molecule has 2 N–H and O–H groups in total. The first-order chi connectivity index (χ1) is 20.5. The molecule has 10 heteroatoms. The van der Waals surface area contributed by atoms with E-state index < -0.39 is 5.92 Å². The number of hydrogen-bond acceptors (Lipinski definition) is 6. The summed E-state index contributed by atoms with van der Waals surface area (Å²) in [5.74, 6) is -0.112. The Bertz CT molecular complexity index is 1940. The van der Waals surface area contributed by atoms with Crippen LogP contribution >= 0.6 is 11.6 Å². The van der Waals surface area contributed by atoms with E-state index in [1.165, 1.54) is 0 Å². The van der Waals surface area contributed by atoms with Gasteiger partial charge in [0.1, 0.15) is 11.0 Å². The second-order valence-electron chi connectivity index (χ2n) is 9.99. The Morgan fingerprint density at radius 3 is 2.74 bits per heavy atom. The third kappa shape index (κ3) is 5.66. The Kier molecular flexibility index (Phi) is 7.54. The summed E-state index contributed by atoms with van der Waals surface area (Å²) in [4.78, 5) is 17.3. The molecule has 3 aromatic heterocycles. The van der Waals surface area contributed by atoms with Crippen molar-refractivity contribution in [1.29, 1.82) is 5.26 Å². The van der Waals surface area contributed by atoms with Gasteiger partial charge in [-0.1, -0.05) is 41.9 Å². The number of aromatic nitrogens is 5. The highest BCUT2D eigenvalue weighted by molar-refractivity contribution is 6.31. The highest BCUT2D eigenvalue weighted by atomic mass is 35.5. The normalized spacial score (nSPS) is 11.8. The summed E-state index contributed by atoms with van der Waals surface area (Å²) in [7, 11) is 1.59. The molecule has 3 aromatic carbocycles. The van der Waals surface area contributed by atoms with Crippen LogP contribution in [0.3, 0.4) is 0 Å². The van der Waals surface area contributed by atoms with Crippen LogP contribution in [0, 0.1) is 11.3 Å². The third-order valence-corrected chi connectivity index (χ3v) is 7.49. The van der Waals surface area contributed by atoms with Crippen LogP contribution in [-0.4, -0.2) is 38.0 Å². The number of carbonyl (C=O) groups is 1. The third-order valence-electron chi connectivity index (χ3n) is 7.25. The lowest BCUT2D eigenvalue weighted by Gasteiger charge is -2.11. The first-order valence-electron chi connectivity index (χ1n) is 13.3. The second-order valence-corrected chi connectivity index (χ2v) is 10.4. The molecule has 0 aliphatic carbocycles. The fraction of sp³-hybridized carbons (Fsp3) is 0.156. The zero-order valence-corrected chi connectivity index (χ0v) is 23.5. The van der Waals surface area contributed by atoms with Gasteiger partial charge in [-0.2, -0.15) is 20.7 Å². The summed E-state index contributed by atoms with van der Waals surface area (Å²) in [6.07, 6.45) is 4.33. The fourth-order valence-electron chi connectivity index (χ4n) is 5.09. The molecule has 3 heterocycles. The van der Waals surface area contributed by atoms with Gasteiger partial charge in [-0.05, 0) is 65.1 Å². The minimum Gasteiger partial charge on any atom is -0.481 e. The highest BCUT2D eigenvalue weighted by Crippen LogP contribution is 2.30. The highest BCUT2D eigenvalue weighted by Gasteiger charge is 2.18. The molecule has 0 bridgehead atoms. The molecule has 208 valence electrons. The van der Waals surface area contributed by atoms with Gasteiger partial charge in [-0.25, -0.2) is 4.98 Å². The molecule has 1 amide bonds. The molecular formula is C32H26ClN7O2. The van der Waals surface area contributed by atoms with E-state index in [1.54, 1.807) is 25.4 Å². The van der Waals surface area contributed by atoms with E-state index in [1.807, 2.05) is 60.7 Å². The predicted molar refractivity (Wildman–Crippen MR) is 160 cm³/mol. The molecule has 6 rings (SSSR count). The molecule has 0 radical (unpaired) electrons. The minimum absolute atomic E-state index is 0.215. The molecule has 0 saturated carbocycles. The SMILES string of the molecule is COc1ccc(Cn2cc(CC(C#N)c3cccc(C(=O)NCc4ccc5n[nH]nc5c4)c3)c3ccc(Cl)cc32)cn1. The van der Waals surface area contributed by atoms with Gasteiger partial charge < -0.3 is 14.6 Å². The van der Waals surface area contributed by atoms with E-state index in [0.717, 1.165) is 44.2 Å². The Balaban J connectivity index is 1.21. The monoisotopic (exact) mass is 575 g/mol. The van der Waals surface area contributed by atoms with Gasteiger partial charge in [0, 0.05) is 47.5 Å². The van der Waals surface area contributed by atoms with E-state index in [2.05, 4.69) is 42.5 Å². The Morgan fingerprint density at radius 1 is 1.07 bits per heavy atom. The van der Waals surface area contributed by atoms with Crippen molar-refractivity contribution < 1.29 is 9.53 Å². The van der Waals surface area contributed by atoms with E-state index >= 15 is 0 Å². The molecule has 0 aliphatic heterocycles. The zero-order chi connectivity index (χ0) is 29.1. The maximum absolute atomic E-state index is 13.0. The topological polar surface area (TPSA) is 122 Å². The van der Waals surface area contributed by atoms with Gasteiger partial charge in [0.15, 0.2) is 0 Å². The van der Waals surface area contributed by atoms with Crippen molar-refractivity contribution in [2.45, 2.75) is 25.4 Å². The van der Waals surface area contributed by atoms with Gasteiger partial charge >= 0.3 is 0 Å². The molecule has 0 aliphatic rings. The standard InChI is InChI=1S/C32H26ClN7O2/c1-42-31-10-6-21(17-35-31)18-40-19-25(27-8-7-26(33)14-30(27)40)13-24(15-34)22-3-2-4-23(12-22)32(41)36-16-20-5-9-28-29(11-20)38-39-37-28/h2-12,14,17,19,24H,13,16,18H2,1H3,(H,36,41)(H,37,38,39). The number of amides is 1. The molecule has 0 spiro atoms. The molecule has 42 heavy (non-hydrogen) atoms. The van der Waals surface area contributed by atoms with Crippen molar-refractivity contribution in [3.8, 4) is 11.9 Å². The van der Waals surface area contributed by atoms with Crippen LogP contribution in [0.25, 0.3) is 21.9 Å². The predicted octanol–water partition coefficient (Wildman–Crippen LogP) is 5.80. The summed E-state index contributed by atoms with van der Waals surface area (Å²) in [6.45, 7) is 0.934. The number of rotatable bonds is 9. The summed E-state index contributed by atoms with van der Waals surface area (Å²) < 4.78 is 7.30. The number of aromatic amines is 1. The van der Waals surface area contributed by atoms with Crippen molar-refractivity contribution in [1.82, 2.24) is 30.3 Å². The number of hydrogen-bond donors (Lipinski definition) is 2. The maximum Gasteiger partial charge on any atom is 0.251 e. The fourth-order valence-corrected chi connectivity index (χ4v) is 5.26. The van der Waals surface area contributed by atoms with E-state index in [0.29, 0.717) is 36.0 Å². The maximum atomic E-state index is 13.0. The Labute approximate surface area is 246 Å². The van der Waals surface area contributed by atoms with Crippen LogP contribution in [0.15, 0.2) is 85.2 Å². The number of ether oxygens (including phenoxy) is 1. The number of nitriles is 1. The quantitative estimate of drug-likeness (QED) is 0.225. The molecule has 0 fully saturated rings. The van der Waals surface area contributed by atoms with Crippen LogP contribution in [-0.2, 0) is 19.5 Å². The molecule has 6 aromatic rings. The second kappa shape index (κ2) is 11.7. The average molecular weight is 576 g/mol. The number of pyridine rings is 1. The van der Waals surface area contributed by atoms with Crippen LogP contribution in [0.5, 0.6) is 5.88 Å². The van der Waals surface area contributed by atoms with Gasteiger partial charge in [0.05, 0.1) is 24.6 Å². The molecule has 1 unspecified atom stereocenters. The van der Waals surface area contributed by atoms with Crippen molar-refractivity contribution in [3.05, 3.63) is 118 Å². The summed E-state index contributed by atoms with van der Waals surface area (Å²) in [5, 5.41) is 25.6. The lowest BCUT2D eigenvalue weighted by atomic mass is 9.92. The first-order valence-corrected chi connectivity index (χ1v) is 13.7. The number of halogens is 1. The smallest absolute Gasteiger partial charge is 0.251 e. The van der Waals surface area contributed by atoms with Crippen LogP contribution in [0.4, 0.5) is 0 Å². The number of nitrogens with zero attached hydrogens (tertiary/aromatic N) is 5. The van der Waals surface area contributed by atoms with Gasteiger partial charge in [0.25, 0.3) is 5.91 Å². The van der Waals surface area contributed by atoms with E-state index in [9.17, 15) is 10.1 Å². The first kappa shape index (κ1) is 27.0.